The number of fused-ring (bicyclic) bond motifs is 1. The quantitative estimate of drug-likeness (QED) is 0.617. The molecule has 0 aromatic heterocycles. The van der Waals surface area contributed by atoms with E-state index in [4.69, 9.17) is 0 Å². The highest BCUT2D eigenvalue weighted by Crippen LogP contribution is 2.45. The van der Waals surface area contributed by atoms with Gasteiger partial charge in [0.1, 0.15) is 5.82 Å². The van der Waals surface area contributed by atoms with Gasteiger partial charge in [-0.1, -0.05) is 25.3 Å². The second-order valence-electron chi connectivity index (χ2n) is 8.02. The van der Waals surface area contributed by atoms with Gasteiger partial charge in [0.15, 0.2) is 0 Å². The average molecular weight is 436 g/mol. The number of carbonyl (C=O) groups is 2. The smallest absolute Gasteiger partial charge is 0.387 e. The van der Waals surface area contributed by atoms with Crippen molar-refractivity contribution in [3.63, 3.8) is 0 Å². The molecule has 0 saturated heterocycles. The largest absolute Gasteiger partial charge is 0.416 e. The third kappa shape index (κ3) is 4.01. The van der Waals surface area contributed by atoms with Gasteiger partial charge in [0.05, 0.1) is 17.2 Å². The Morgan fingerprint density at radius 3 is 2.52 bits per heavy atom. The van der Waals surface area contributed by atoms with Crippen LogP contribution in [0.1, 0.15) is 70.0 Å². The lowest BCUT2D eigenvalue weighted by atomic mass is 9.77. The first-order valence-electron chi connectivity index (χ1n) is 9.94. The fraction of sp³-hybridized carbons (Fsp3) is 0.364. The van der Waals surface area contributed by atoms with Crippen LogP contribution in [0, 0.1) is 5.82 Å². The zero-order valence-electron chi connectivity index (χ0n) is 16.4. The summed E-state index contributed by atoms with van der Waals surface area (Å²) in [5.41, 5.74) is -2.13. The summed E-state index contributed by atoms with van der Waals surface area (Å²) >= 11 is 0. The molecule has 1 aliphatic carbocycles. The summed E-state index contributed by atoms with van der Waals surface area (Å²) in [6, 6.07) is 5.41. The molecule has 164 valence electrons. The van der Waals surface area contributed by atoms with Crippen LogP contribution in [0.15, 0.2) is 36.4 Å². The van der Waals surface area contributed by atoms with Crippen LogP contribution in [-0.4, -0.2) is 22.5 Å². The van der Waals surface area contributed by atoms with Gasteiger partial charge < -0.3 is 15.7 Å². The van der Waals surface area contributed by atoms with E-state index in [0.717, 1.165) is 19.3 Å². The minimum Gasteiger partial charge on any atom is -0.387 e. The third-order valence-corrected chi connectivity index (χ3v) is 5.91. The van der Waals surface area contributed by atoms with Gasteiger partial charge in [-0.3, -0.25) is 9.59 Å². The second-order valence-corrected chi connectivity index (χ2v) is 8.02. The molecule has 1 aliphatic heterocycles. The van der Waals surface area contributed by atoms with Crippen molar-refractivity contribution in [1.82, 2.24) is 5.32 Å². The summed E-state index contributed by atoms with van der Waals surface area (Å²) < 4.78 is 52.7. The van der Waals surface area contributed by atoms with Gasteiger partial charge in [-0.25, -0.2) is 4.39 Å². The molecular weight excluding hydrogens is 416 g/mol. The first-order chi connectivity index (χ1) is 14.6. The molecule has 2 aromatic carbocycles. The molecule has 3 N–H and O–H groups in total. The van der Waals surface area contributed by atoms with Crippen molar-refractivity contribution in [2.24, 2.45) is 0 Å². The number of benzene rings is 2. The summed E-state index contributed by atoms with van der Waals surface area (Å²) in [6.45, 7) is 0. The molecule has 5 nitrogen and oxygen atoms in total. The first-order valence-corrected chi connectivity index (χ1v) is 9.94. The maximum absolute atomic E-state index is 13.7. The fourth-order valence-corrected chi connectivity index (χ4v) is 4.40. The third-order valence-electron chi connectivity index (χ3n) is 5.91. The van der Waals surface area contributed by atoms with Gasteiger partial charge in [0.2, 0.25) is 0 Å². The van der Waals surface area contributed by atoms with E-state index in [-0.39, 0.29) is 11.3 Å². The number of nitrogens with one attached hydrogen (secondary N) is 2. The molecule has 2 amide bonds. The Hall–Kier alpha value is -2.94. The molecule has 31 heavy (non-hydrogen) atoms. The Kier molecular flexibility index (Phi) is 5.25. The van der Waals surface area contributed by atoms with Crippen molar-refractivity contribution in [2.45, 2.75) is 49.9 Å². The lowest BCUT2D eigenvalue weighted by Crippen LogP contribution is -2.44. The Morgan fingerprint density at radius 2 is 1.84 bits per heavy atom. The maximum Gasteiger partial charge on any atom is 0.416 e. The first kappa shape index (κ1) is 21.3. The Morgan fingerprint density at radius 1 is 1.13 bits per heavy atom. The summed E-state index contributed by atoms with van der Waals surface area (Å²) in [6.07, 6.45) is -1.32. The normalized spacial score (nSPS) is 20.2. The van der Waals surface area contributed by atoms with Crippen molar-refractivity contribution in [3.8, 4) is 0 Å². The van der Waals surface area contributed by atoms with Crippen LogP contribution in [0.4, 0.5) is 23.2 Å². The average Bonchev–Trinajstić information content (AvgIpc) is 3.06. The van der Waals surface area contributed by atoms with Crippen LogP contribution < -0.4 is 10.6 Å². The highest BCUT2D eigenvalue weighted by Gasteiger charge is 2.46. The zero-order valence-corrected chi connectivity index (χ0v) is 16.4. The van der Waals surface area contributed by atoms with E-state index in [1.807, 2.05) is 0 Å². The highest BCUT2D eigenvalue weighted by molar-refractivity contribution is 6.07. The van der Waals surface area contributed by atoms with E-state index >= 15 is 0 Å². The van der Waals surface area contributed by atoms with E-state index in [0.29, 0.717) is 36.6 Å². The summed E-state index contributed by atoms with van der Waals surface area (Å²) in [7, 11) is 0. The molecule has 9 heteroatoms. The van der Waals surface area contributed by atoms with Crippen LogP contribution in [-0.2, 0) is 6.18 Å². The minimum atomic E-state index is -4.81. The van der Waals surface area contributed by atoms with Gasteiger partial charge >= 0.3 is 6.18 Å². The number of carbonyl (C=O) groups excluding carboxylic acids is 2. The SMILES string of the molecule is O=C(Nc1cccc2c1C(C1(O)CCCCC1)NC2=O)c1cc(F)cc(C(F)(F)F)c1. The van der Waals surface area contributed by atoms with Gasteiger partial charge in [0.25, 0.3) is 11.8 Å². The number of alkyl halides is 3. The number of amides is 2. The number of anilines is 1. The van der Waals surface area contributed by atoms with Crippen molar-refractivity contribution in [3.05, 3.63) is 64.5 Å². The van der Waals surface area contributed by atoms with Crippen LogP contribution in [0.25, 0.3) is 0 Å². The van der Waals surface area contributed by atoms with E-state index in [1.165, 1.54) is 12.1 Å². The second kappa shape index (κ2) is 7.64. The van der Waals surface area contributed by atoms with Gasteiger partial charge in [0, 0.05) is 22.4 Å². The van der Waals surface area contributed by atoms with Crippen LogP contribution in [0.3, 0.4) is 0 Å². The van der Waals surface area contributed by atoms with Crippen LogP contribution in [0.2, 0.25) is 0 Å². The zero-order chi connectivity index (χ0) is 22.4. The summed E-state index contributed by atoms with van der Waals surface area (Å²) in [4.78, 5) is 25.1. The standard InChI is InChI=1S/C22H20F4N2O3/c23-14-10-12(9-13(11-14)22(24,25)26)19(29)27-16-6-4-5-15-17(16)18(28-20(15)30)21(31)7-2-1-3-8-21/h4-6,9-11,18,31H,1-3,7-8H2,(H,27,29)(H,28,30). The predicted octanol–water partition coefficient (Wildman–Crippen LogP) is 4.58. The van der Waals surface area contributed by atoms with Gasteiger partial charge in [-0.15, -0.1) is 0 Å². The van der Waals surface area contributed by atoms with E-state index < -0.39 is 46.6 Å². The molecule has 1 fully saturated rings. The predicted molar refractivity (Wildman–Crippen MR) is 104 cm³/mol. The van der Waals surface area contributed by atoms with Crippen molar-refractivity contribution < 1.29 is 32.3 Å². The Bertz CT molecular complexity index is 1050. The molecule has 1 heterocycles. The van der Waals surface area contributed by atoms with E-state index in [2.05, 4.69) is 10.6 Å². The number of aliphatic hydroxyl groups is 1. The van der Waals surface area contributed by atoms with Gasteiger partial charge in [-0.05, 0) is 43.2 Å². The lowest BCUT2D eigenvalue weighted by molar-refractivity contribution is -0.137. The summed E-state index contributed by atoms with van der Waals surface area (Å²) in [5, 5.41) is 16.4. The molecule has 1 saturated carbocycles. The fourth-order valence-electron chi connectivity index (χ4n) is 4.40. The molecule has 0 radical (unpaired) electrons. The lowest BCUT2D eigenvalue weighted by Gasteiger charge is -2.38. The molecule has 1 unspecified atom stereocenters. The van der Waals surface area contributed by atoms with E-state index in [9.17, 15) is 32.3 Å². The Labute approximate surface area is 175 Å². The van der Waals surface area contributed by atoms with E-state index in [1.54, 1.807) is 6.07 Å². The topological polar surface area (TPSA) is 78.4 Å². The molecule has 2 aliphatic rings. The van der Waals surface area contributed by atoms with Crippen LogP contribution in [0.5, 0.6) is 0 Å². The van der Waals surface area contributed by atoms with Crippen molar-refractivity contribution in [1.29, 1.82) is 0 Å². The van der Waals surface area contributed by atoms with Crippen molar-refractivity contribution in [2.75, 3.05) is 5.32 Å². The van der Waals surface area contributed by atoms with Crippen LogP contribution >= 0.6 is 0 Å². The Balaban J connectivity index is 1.69. The molecular formula is C22H20F4N2O3. The highest BCUT2D eigenvalue weighted by atomic mass is 19.4. The summed E-state index contributed by atoms with van der Waals surface area (Å²) in [5.74, 6) is -2.54. The molecule has 4 rings (SSSR count). The maximum atomic E-state index is 13.7. The van der Waals surface area contributed by atoms with Gasteiger partial charge in [-0.2, -0.15) is 13.2 Å². The number of rotatable bonds is 3. The number of hydrogen-bond donors (Lipinski definition) is 3. The van der Waals surface area contributed by atoms with Crippen molar-refractivity contribution >= 4 is 17.5 Å². The number of halogens is 4. The monoisotopic (exact) mass is 436 g/mol. The molecule has 0 bridgehead atoms. The number of hydrogen-bond acceptors (Lipinski definition) is 3. The molecule has 2 aromatic rings. The minimum absolute atomic E-state index is 0.183. The molecule has 0 spiro atoms. The molecule has 1 atom stereocenters.